The summed E-state index contributed by atoms with van der Waals surface area (Å²) in [5.74, 6) is 0.332. The number of carboxylic acids is 1. The third-order valence-corrected chi connectivity index (χ3v) is 5.12. The van der Waals surface area contributed by atoms with Gasteiger partial charge in [-0.2, -0.15) is 0 Å². The molecule has 6 nitrogen and oxygen atoms in total. The topological polar surface area (TPSA) is 99.8 Å². The van der Waals surface area contributed by atoms with Gasteiger partial charge in [0.1, 0.15) is 17.2 Å². The van der Waals surface area contributed by atoms with E-state index in [1.807, 2.05) is 44.2 Å². The summed E-state index contributed by atoms with van der Waals surface area (Å²) in [7, 11) is 0. The van der Waals surface area contributed by atoms with Crippen LogP contribution >= 0.6 is 0 Å². The standard InChI is InChI=1S/C25H33NO5/c1-4-7-21-23(13-12-20(24(21)27)22(26)5-2)31-15-6-14-30-19-10-8-18(9-11-19)16-17(3)25(28)29/h8-13,17,26-27H,4-7,14-16H2,1-3H3,(H,28,29). The van der Waals surface area contributed by atoms with Crippen molar-refractivity contribution in [2.45, 2.75) is 52.9 Å². The van der Waals surface area contributed by atoms with Crippen molar-refractivity contribution in [2.75, 3.05) is 13.2 Å². The summed E-state index contributed by atoms with van der Waals surface area (Å²) in [6, 6.07) is 11.1. The van der Waals surface area contributed by atoms with Gasteiger partial charge in [-0.05, 0) is 49.1 Å². The first-order chi connectivity index (χ1) is 14.9. The van der Waals surface area contributed by atoms with Gasteiger partial charge in [0, 0.05) is 23.3 Å². The molecule has 168 valence electrons. The van der Waals surface area contributed by atoms with Gasteiger partial charge in [-0.1, -0.05) is 39.3 Å². The quantitative estimate of drug-likeness (QED) is 0.300. The minimum atomic E-state index is -0.797. The summed E-state index contributed by atoms with van der Waals surface area (Å²) in [5, 5.41) is 27.6. The molecule has 0 spiro atoms. The molecule has 1 unspecified atom stereocenters. The van der Waals surface area contributed by atoms with Crippen molar-refractivity contribution in [3.8, 4) is 17.2 Å². The van der Waals surface area contributed by atoms with E-state index in [2.05, 4.69) is 0 Å². The lowest BCUT2D eigenvalue weighted by molar-refractivity contribution is -0.141. The van der Waals surface area contributed by atoms with Gasteiger partial charge in [0.15, 0.2) is 0 Å². The molecular formula is C25H33NO5. The first-order valence-electron chi connectivity index (χ1n) is 10.9. The summed E-state index contributed by atoms with van der Waals surface area (Å²) in [6.45, 7) is 6.57. The second-order valence-electron chi connectivity index (χ2n) is 7.66. The maximum absolute atomic E-state index is 11.0. The number of aromatic hydroxyl groups is 1. The first-order valence-corrected chi connectivity index (χ1v) is 10.9. The van der Waals surface area contributed by atoms with E-state index >= 15 is 0 Å². The normalized spacial score (nSPS) is 11.7. The number of hydrogen-bond acceptors (Lipinski definition) is 5. The number of aliphatic carboxylic acids is 1. The van der Waals surface area contributed by atoms with E-state index in [0.717, 1.165) is 23.3 Å². The Bertz CT molecular complexity index is 876. The van der Waals surface area contributed by atoms with E-state index in [-0.39, 0.29) is 5.75 Å². The second kappa shape index (κ2) is 12.0. The fourth-order valence-corrected chi connectivity index (χ4v) is 3.27. The average Bonchev–Trinajstić information content (AvgIpc) is 2.76. The number of nitrogens with one attached hydrogen (secondary N) is 1. The van der Waals surface area contributed by atoms with E-state index in [0.29, 0.717) is 55.9 Å². The molecule has 0 bridgehead atoms. The Labute approximate surface area is 184 Å². The molecule has 3 N–H and O–H groups in total. The van der Waals surface area contributed by atoms with Crippen LogP contribution in [-0.4, -0.2) is 35.1 Å². The molecule has 2 rings (SSSR count). The highest BCUT2D eigenvalue weighted by atomic mass is 16.5. The molecule has 0 fully saturated rings. The minimum absolute atomic E-state index is 0.153. The fourth-order valence-electron chi connectivity index (χ4n) is 3.27. The highest BCUT2D eigenvalue weighted by Crippen LogP contribution is 2.33. The smallest absolute Gasteiger partial charge is 0.306 e. The van der Waals surface area contributed by atoms with Crippen molar-refractivity contribution < 1.29 is 24.5 Å². The summed E-state index contributed by atoms with van der Waals surface area (Å²) in [6.07, 6.45) is 3.30. The predicted octanol–water partition coefficient (Wildman–Crippen LogP) is 5.23. The van der Waals surface area contributed by atoms with Crippen LogP contribution in [0.25, 0.3) is 0 Å². The fraction of sp³-hybridized carbons (Fsp3) is 0.440. The van der Waals surface area contributed by atoms with Gasteiger partial charge in [0.25, 0.3) is 0 Å². The van der Waals surface area contributed by atoms with Crippen LogP contribution < -0.4 is 9.47 Å². The largest absolute Gasteiger partial charge is 0.507 e. The molecule has 0 aromatic heterocycles. The molecule has 0 amide bonds. The summed E-state index contributed by atoms with van der Waals surface area (Å²) < 4.78 is 11.6. The Hall–Kier alpha value is -3.02. The van der Waals surface area contributed by atoms with Crippen LogP contribution in [0.1, 0.15) is 56.7 Å². The van der Waals surface area contributed by atoms with Crippen molar-refractivity contribution in [1.82, 2.24) is 0 Å². The Balaban J connectivity index is 1.85. The molecule has 2 aromatic rings. The number of benzene rings is 2. The van der Waals surface area contributed by atoms with Crippen LogP contribution in [0.3, 0.4) is 0 Å². The molecule has 0 saturated heterocycles. The Kier molecular flexibility index (Phi) is 9.38. The average molecular weight is 428 g/mol. The lowest BCUT2D eigenvalue weighted by Crippen LogP contribution is -2.12. The molecule has 0 radical (unpaired) electrons. The molecule has 6 heteroatoms. The third kappa shape index (κ3) is 7.02. The van der Waals surface area contributed by atoms with Crippen LogP contribution in [0, 0.1) is 11.3 Å². The number of phenols is 1. The molecule has 1 atom stereocenters. The minimum Gasteiger partial charge on any atom is -0.507 e. The number of carbonyl (C=O) groups is 1. The van der Waals surface area contributed by atoms with Gasteiger partial charge < -0.3 is 25.1 Å². The Morgan fingerprint density at radius 1 is 1.06 bits per heavy atom. The van der Waals surface area contributed by atoms with Crippen LogP contribution in [-0.2, 0) is 17.6 Å². The van der Waals surface area contributed by atoms with E-state index in [1.165, 1.54) is 0 Å². The zero-order valence-corrected chi connectivity index (χ0v) is 18.6. The first kappa shape index (κ1) is 24.3. The van der Waals surface area contributed by atoms with Gasteiger partial charge in [0.05, 0.1) is 19.1 Å². The van der Waals surface area contributed by atoms with E-state index in [4.69, 9.17) is 20.0 Å². The highest BCUT2D eigenvalue weighted by Gasteiger charge is 2.15. The van der Waals surface area contributed by atoms with Crippen LogP contribution in [0.2, 0.25) is 0 Å². The highest BCUT2D eigenvalue weighted by molar-refractivity contribution is 6.01. The number of carboxylic acid groups (broad SMARTS) is 1. The van der Waals surface area contributed by atoms with E-state index in [1.54, 1.807) is 13.0 Å². The molecule has 0 aliphatic rings. The van der Waals surface area contributed by atoms with Gasteiger partial charge in [0.2, 0.25) is 0 Å². The Morgan fingerprint density at radius 2 is 1.74 bits per heavy atom. The van der Waals surface area contributed by atoms with Crippen molar-refractivity contribution in [3.63, 3.8) is 0 Å². The molecular weight excluding hydrogens is 394 g/mol. The van der Waals surface area contributed by atoms with Crippen molar-refractivity contribution >= 4 is 11.7 Å². The number of rotatable bonds is 13. The van der Waals surface area contributed by atoms with Gasteiger partial charge in [-0.3, -0.25) is 4.79 Å². The predicted molar refractivity (Wildman–Crippen MR) is 122 cm³/mol. The van der Waals surface area contributed by atoms with E-state index in [9.17, 15) is 9.90 Å². The zero-order valence-electron chi connectivity index (χ0n) is 18.6. The van der Waals surface area contributed by atoms with Gasteiger partial charge >= 0.3 is 5.97 Å². The van der Waals surface area contributed by atoms with Gasteiger partial charge in [-0.25, -0.2) is 0 Å². The van der Waals surface area contributed by atoms with E-state index < -0.39 is 11.9 Å². The van der Waals surface area contributed by atoms with Crippen LogP contribution in [0.5, 0.6) is 17.2 Å². The maximum atomic E-state index is 11.0. The molecule has 0 saturated carbocycles. The SMILES string of the molecule is CCCc1c(OCCCOc2ccc(CC(C)C(=O)O)cc2)ccc(C(=N)CC)c1O. The third-order valence-electron chi connectivity index (χ3n) is 5.12. The van der Waals surface area contributed by atoms with Crippen molar-refractivity contribution in [1.29, 1.82) is 5.41 Å². The summed E-state index contributed by atoms with van der Waals surface area (Å²) in [5.41, 5.74) is 2.71. The lowest BCUT2D eigenvalue weighted by atomic mass is 9.99. The lowest BCUT2D eigenvalue weighted by Gasteiger charge is -2.16. The number of hydrogen-bond donors (Lipinski definition) is 3. The Morgan fingerprint density at radius 3 is 2.35 bits per heavy atom. The molecule has 0 aliphatic heterocycles. The van der Waals surface area contributed by atoms with Crippen molar-refractivity contribution in [3.05, 3.63) is 53.1 Å². The maximum Gasteiger partial charge on any atom is 0.306 e. The zero-order chi connectivity index (χ0) is 22.8. The monoisotopic (exact) mass is 427 g/mol. The molecule has 0 aliphatic carbocycles. The van der Waals surface area contributed by atoms with Gasteiger partial charge in [-0.15, -0.1) is 0 Å². The summed E-state index contributed by atoms with van der Waals surface area (Å²) >= 11 is 0. The number of ether oxygens (including phenoxy) is 2. The van der Waals surface area contributed by atoms with Crippen LogP contribution in [0.15, 0.2) is 36.4 Å². The molecule has 0 heterocycles. The van der Waals surface area contributed by atoms with Crippen LogP contribution in [0.4, 0.5) is 0 Å². The second-order valence-corrected chi connectivity index (χ2v) is 7.66. The van der Waals surface area contributed by atoms with Crippen molar-refractivity contribution in [2.24, 2.45) is 5.92 Å². The molecule has 2 aromatic carbocycles. The summed E-state index contributed by atoms with van der Waals surface area (Å²) in [4.78, 5) is 11.0. The molecule has 31 heavy (non-hydrogen) atoms. The number of phenolic OH excluding ortho intramolecular Hbond substituents is 1.